The molecule has 0 radical (unpaired) electrons. The minimum atomic E-state index is -3.77. The molecule has 6 N–H and O–H groups in total. The molecule has 0 saturated carbocycles. The van der Waals surface area contributed by atoms with E-state index < -0.39 is 20.0 Å². The van der Waals surface area contributed by atoms with Gasteiger partial charge in [0.15, 0.2) is 0 Å². The van der Waals surface area contributed by atoms with Gasteiger partial charge < -0.3 is 41.4 Å². The summed E-state index contributed by atoms with van der Waals surface area (Å²) in [5, 5.41) is 36.9. The van der Waals surface area contributed by atoms with Crippen LogP contribution in [0.2, 0.25) is 10.0 Å². The monoisotopic (exact) mass is 1170 g/mol. The third-order valence-corrected chi connectivity index (χ3v) is 19.0. The fourth-order valence-electron chi connectivity index (χ4n) is 10.5. The van der Waals surface area contributed by atoms with Crippen LogP contribution in [0.4, 0.5) is 9.59 Å². The molecule has 6 amide bonds. The van der Waals surface area contributed by atoms with Crippen LogP contribution in [0.15, 0.2) is 82.6 Å². The Morgan fingerprint density at radius 3 is 1.23 bits per heavy atom. The van der Waals surface area contributed by atoms with E-state index in [1.54, 1.807) is 36.4 Å². The van der Waals surface area contributed by atoms with Crippen LogP contribution >= 0.6 is 23.2 Å². The first kappa shape index (κ1) is 59.5. The summed E-state index contributed by atoms with van der Waals surface area (Å²) in [5.74, 6) is 0.672. The predicted molar refractivity (Wildman–Crippen MR) is 299 cm³/mol. The summed E-state index contributed by atoms with van der Waals surface area (Å²) in [7, 11) is -7.54. The number of unbranched alkanes of at least 4 members (excludes halogenated alkanes) is 1. The maximum atomic E-state index is 13.5. The Morgan fingerprint density at radius 1 is 0.525 bits per heavy atom. The number of ether oxygens (including phenoxy) is 2. The highest BCUT2D eigenvalue weighted by Gasteiger charge is 2.33. The first-order chi connectivity index (χ1) is 38.5. The molecule has 2 heterocycles. The lowest BCUT2D eigenvalue weighted by molar-refractivity contribution is -0.123. The molecule has 2 aliphatic heterocycles. The molecule has 0 unspecified atom stereocenters. The molecule has 0 bridgehead atoms. The molecule has 2 aliphatic carbocycles. The lowest BCUT2D eigenvalue weighted by Gasteiger charge is -2.31. The molecular weight excluding hydrogens is 1110 g/mol. The molecule has 0 aromatic heterocycles. The number of sulfonamides is 2. The number of hydrogen-bond acceptors (Lipinski definition) is 12. The van der Waals surface area contributed by atoms with Gasteiger partial charge in [-0.15, -0.1) is 0 Å². The fraction of sp³-hybridized carbons (Fsp3) is 0.464. The largest absolute Gasteiger partial charge is 0.486 e. The normalized spacial score (nSPS) is 17.7. The van der Waals surface area contributed by atoms with Crippen molar-refractivity contribution in [1.82, 2.24) is 40.5 Å². The van der Waals surface area contributed by atoms with E-state index in [-0.39, 0.29) is 110 Å². The van der Waals surface area contributed by atoms with Crippen LogP contribution in [0.25, 0.3) is 0 Å². The van der Waals surface area contributed by atoms with Crippen molar-refractivity contribution in [2.45, 2.75) is 124 Å². The van der Waals surface area contributed by atoms with E-state index in [2.05, 4.69) is 44.0 Å². The minimum absolute atomic E-state index is 0.147. The van der Waals surface area contributed by atoms with Gasteiger partial charge >= 0.3 is 12.1 Å². The quantitative estimate of drug-likeness (QED) is 0.0408. The number of carbonyl (C=O) groups is 4. The van der Waals surface area contributed by atoms with E-state index in [0.717, 1.165) is 22.3 Å². The Kier molecular flexibility index (Phi) is 20.6. The standard InChI is InChI=1S/C56H66Cl2N10O10S2/c57-39-31-37(35-59)47-15-17-51(49(47)33-39)77-43-7-11-45(12-8-43)79(73,74)67-27-19-41(20-28-67)65-53(69)5-3-25-63-55(71)61-23-1-2-24-62-56(72)64-26-4-6-54(70)66-42-21-29-68(30-22-42)80(75,76)46-13-9-44(10-14-46)78-52-18-16-48-38(36-60)32-40(58)34-50(48)52/h7-14,31-34,41-42,51-52H,1-6,15-30H2,(H,65,69)(H,66,70)(H2,61,63,71)(H2,62,64,72)/t51-,52-/m1/s1. The van der Waals surface area contributed by atoms with Crippen LogP contribution in [0.5, 0.6) is 11.5 Å². The molecule has 2 fully saturated rings. The van der Waals surface area contributed by atoms with E-state index in [9.17, 15) is 46.5 Å². The molecule has 4 aromatic carbocycles. The number of nitrogens with one attached hydrogen (secondary N) is 6. The number of nitrogens with zero attached hydrogens (tertiary/aromatic N) is 4. The summed E-state index contributed by atoms with van der Waals surface area (Å²) in [4.78, 5) is 50.2. The van der Waals surface area contributed by atoms with Crippen molar-refractivity contribution in [2.75, 3.05) is 52.4 Å². The van der Waals surface area contributed by atoms with Gasteiger partial charge in [-0.05, 0) is 172 Å². The maximum absolute atomic E-state index is 13.5. The Bertz CT molecular complexity index is 2980. The Hall–Kier alpha value is -6.66. The number of fused-ring (bicyclic) bond motifs is 2. The minimum Gasteiger partial charge on any atom is -0.486 e. The zero-order chi connectivity index (χ0) is 56.8. The number of benzene rings is 4. The van der Waals surface area contributed by atoms with E-state index in [0.29, 0.717) is 123 Å². The first-order valence-electron chi connectivity index (χ1n) is 27.1. The zero-order valence-electron chi connectivity index (χ0n) is 44.2. The highest BCUT2D eigenvalue weighted by atomic mass is 35.5. The van der Waals surface area contributed by atoms with Gasteiger partial charge in [-0.1, -0.05) is 23.2 Å². The SMILES string of the molecule is N#Cc1cc(Cl)cc2c1CC[C@H]2Oc1ccc(S(=O)(=O)N2CCC(NC(=O)CCCNC(=O)NCCCCNC(=O)NCCCC(=O)NC3CCN(S(=O)(=O)c4ccc(O[C@@H]5CCc6c(C#N)cc(Cl)cc65)cc4)CC3)CC2)cc1. The summed E-state index contributed by atoms with van der Waals surface area (Å²) >= 11 is 12.5. The Balaban J connectivity index is 0.604. The molecule has 2 atom stereocenters. The number of urea groups is 2. The van der Waals surface area contributed by atoms with Gasteiger partial charge in [-0.25, -0.2) is 26.4 Å². The van der Waals surface area contributed by atoms with Crippen molar-refractivity contribution >= 4 is 67.1 Å². The van der Waals surface area contributed by atoms with Crippen LogP contribution in [0.3, 0.4) is 0 Å². The molecule has 426 valence electrons. The van der Waals surface area contributed by atoms with Crippen molar-refractivity contribution < 1.29 is 45.5 Å². The smallest absolute Gasteiger partial charge is 0.314 e. The maximum Gasteiger partial charge on any atom is 0.314 e. The van der Waals surface area contributed by atoms with Crippen molar-refractivity contribution in [1.29, 1.82) is 10.5 Å². The predicted octanol–water partition coefficient (Wildman–Crippen LogP) is 7.05. The van der Waals surface area contributed by atoms with Gasteiger partial charge in [0.1, 0.15) is 23.7 Å². The van der Waals surface area contributed by atoms with Crippen molar-refractivity contribution in [3.8, 4) is 23.6 Å². The van der Waals surface area contributed by atoms with Crippen LogP contribution in [-0.4, -0.2) is 114 Å². The number of amides is 6. The number of hydrogen-bond donors (Lipinski definition) is 6. The molecule has 4 aliphatic rings. The summed E-state index contributed by atoms with van der Waals surface area (Å²) < 4.78 is 69.1. The molecule has 2 saturated heterocycles. The number of halogens is 2. The van der Waals surface area contributed by atoms with E-state index in [4.69, 9.17) is 32.7 Å². The fourth-order valence-corrected chi connectivity index (χ4v) is 13.9. The van der Waals surface area contributed by atoms with Crippen molar-refractivity contribution in [3.63, 3.8) is 0 Å². The lowest BCUT2D eigenvalue weighted by atomic mass is 10.0. The number of nitriles is 2. The third kappa shape index (κ3) is 15.6. The first-order valence-corrected chi connectivity index (χ1v) is 30.7. The molecule has 24 heteroatoms. The summed E-state index contributed by atoms with van der Waals surface area (Å²) in [5.41, 5.74) is 4.66. The molecule has 4 aromatic rings. The third-order valence-electron chi connectivity index (χ3n) is 14.8. The molecule has 8 rings (SSSR count). The molecule has 20 nitrogen and oxygen atoms in total. The Labute approximate surface area is 477 Å². The topological polar surface area (TPSA) is 281 Å². The highest BCUT2D eigenvalue weighted by Crippen LogP contribution is 2.40. The summed E-state index contributed by atoms with van der Waals surface area (Å²) in [6.07, 6.45) is 6.47. The van der Waals surface area contributed by atoms with E-state index >= 15 is 0 Å². The summed E-state index contributed by atoms with van der Waals surface area (Å²) in [6, 6.07) is 22.9. The number of piperidine rings is 2. The molecule has 0 spiro atoms. The van der Waals surface area contributed by atoms with Crippen molar-refractivity contribution in [2.24, 2.45) is 0 Å². The average molecular weight is 1170 g/mol. The Morgan fingerprint density at radius 2 is 0.875 bits per heavy atom. The van der Waals surface area contributed by atoms with Crippen LogP contribution in [0, 0.1) is 22.7 Å². The van der Waals surface area contributed by atoms with E-state index in [1.807, 2.05) is 12.1 Å². The second-order valence-electron chi connectivity index (χ2n) is 20.3. The van der Waals surface area contributed by atoms with Crippen LogP contribution in [-0.2, 0) is 42.5 Å². The van der Waals surface area contributed by atoms with Gasteiger partial charge in [0.2, 0.25) is 31.9 Å². The number of carbonyl (C=O) groups excluding carboxylic acids is 4. The molecular formula is C56H66Cl2N10O10S2. The van der Waals surface area contributed by atoms with Gasteiger partial charge in [0.25, 0.3) is 0 Å². The van der Waals surface area contributed by atoms with Gasteiger partial charge in [-0.2, -0.15) is 19.1 Å². The van der Waals surface area contributed by atoms with Gasteiger partial charge in [0.05, 0.1) is 33.1 Å². The highest BCUT2D eigenvalue weighted by molar-refractivity contribution is 7.89. The van der Waals surface area contributed by atoms with E-state index in [1.165, 1.54) is 32.9 Å². The van der Waals surface area contributed by atoms with Gasteiger partial charge in [0, 0.05) is 87.3 Å². The van der Waals surface area contributed by atoms with Crippen molar-refractivity contribution in [3.05, 3.63) is 116 Å². The number of rotatable bonds is 23. The lowest BCUT2D eigenvalue weighted by Crippen LogP contribution is -2.46. The zero-order valence-corrected chi connectivity index (χ0v) is 47.4. The second kappa shape index (κ2) is 27.7. The van der Waals surface area contributed by atoms with Crippen LogP contribution in [0.1, 0.15) is 123 Å². The average Bonchev–Trinajstić information content (AvgIpc) is 4.11. The second-order valence-corrected chi connectivity index (χ2v) is 25.0. The van der Waals surface area contributed by atoms with Gasteiger partial charge in [-0.3, -0.25) is 9.59 Å². The van der Waals surface area contributed by atoms with Crippen LogP contribution < -0.4 is 41.4 Å². The summed E-state index contributed by atoms with van der Waals surface area (Å²) in [6.45, 7) is 2.36. The molecule has 80 heavy (non-hydrogen) atoms.